The number of anilines is 1. The van der Waals surface area contributed by atoms with Gasteiger partial charge in [-0.05, 0) is 62.2 Å². The first-order valence-corrected chi connectivity index (χ1v) is 11.5. The lowest BCUT2D eigenvalue weighted by Crippen LogP contribution is -2.32. The lowest BCUT2D eigenvalue weighted by molar-refractivity contribution is 0.0987. The molecule has 0 aromatic heterocycles. The lowest BCUT2D eigenvalue weighted by atomic mass is 10.1. The minimum absolute atomic E-state index is 0.0333. The summed E-state index contributed by atoms with van der Waals surface area (Å²) in [6, 6.07) is 12.1. The average Bonchev–Trinajstić information content (AvgIpc) is 3.31. The Morgan fingerprint density at radius 2 is 1.87 bits per heavy atom. The van der Waals surface area contributed by atoms with Gasteiger partial charge in [-0.3, -0.25) is 4.79 Å². The van der Waals surface area contributed by atoms with Crippen LogP contribution < -0.4 is 9.64 Å². The molecule has 0 N–H and O–H groups in total. The fourth-order valence-corrected chi connectivity index (χ4v) is 5.06. The van der Waals surface area contributed by atoms with E-state index in [1.54, 1.807) is 24.3 Å². The molecule has 0 spiro atoms. The number of hydrogen-bond acceptors (Lipinski definition) is 5. The first-order valence-electron chi connectivity index (χ1n) is 10.1. The number of hydrogen-bond donors (Lipinski definition) is 0. The van der Waals surface area contributed by atoms with Crippen molar-refractivity contribution in [3.8, 4) is 11.8 Å². The topological polar surface area (TPSA) is 90.7 Å². The number of ether oxygens (including phenoxy) is 1. The third-order valence-corrected chi connectivity index (χ3v) is 6.93. The summed E-state index contributed by atoms with van der Waals surface area (Å²) in [7, 11) is -4.03. The molecule has 3 rings (SSSR count). The van der Waals surface area contributed by atoms with Gasteiger partial charge in [0.05, 0.1) is 19.1 Å². The minimum Gasteiger partial charge on any atom is -0.494 e. The summed E-state index contributed by atoms with van der Waals surface area (Å²) in [4.78, 5) is 14.1. The van der Waals surface area contributed by atoms with Gasteiger partial charge in [-0.2, -0.15) is 9.57 Å². The predicted octanol–water partition coefficient (Wildman–Crippen LogP) is 3.57. The van der Waals surface area contributed by atoms with Crippen LogP contribution in [0.2, 0.25) is 0 Å². The Kier molecular flexibility index (Phi) is 7.25. The number of carbonyl (C=O) groups excluding carboxylic acids is 1. The molecule has 1 aliphatic rings. The maximum atomic E-state index is 14.4. The van der Waals surface area contributed by atoms with E-state index in [1.807, 2.05) is 13.0 Å². The van der Waals surface area contributed by atoms with Crippen molar-refractivity contribution < 1.29 is 22.3 Å². The second kappa shape index (κ2) is 9.90. The van der Waals surface area contributed by atoms with Crippen molar-refractivity contribution in [3.05, 3.63) is 53.8 Å². The number of nitriles is 1. The van der Waals surface area contributed by atoms with E-state index in [-0.39, 0.29) is 18.5 Å². The Hall–Kier alpha value is -2.96. The van der Waals surface area contributed by atoms with Crippen molar-refractivity contribution in [1.82, 2.24) is 4.31 Å². The molecular formula is C22H24FN3O4S. The standard InChI is InChI=1S/C22H24FN3O4S/c1-2-30-19-9-7-18(8-10-19)26(15-5-12-24)22(27)17-6-11-20(23)21(16-17)31(28,29)25-13-3-4-14-25/h6-11,16H,2-5,13-15H2,1H3. The van der Waals surface area contributed by atoms with Crippen LogP contribution in [0.25, 0.3) is 0 Å². The van der Waals surface area contributed by atoms with Gasteiger partial charge in [0.1, 0.15) is 16.5 Å². The Morgan fingerprint density at radius 1 is 1.19 bits per heavy atom. The largest absolute Gasteiger partial charge is 0.494 e. The van der Waals surface area contributed by atoms with Crippen LogP contribution in [0.15, 0.2) is 47.4 Å². The van der Waals surface area contributed by atoms with Gasteiger partial charge >= 0.3 is 0 Å². The van der Waals surface area contributed by atoms with E-state index in [4.69, 9.17) is 10.00 Å². The highest BCUT2D eigenvalue weighted by Gasteiger charge is 2.31. The predicted molar refractivity (Wildman–Crippen MR) is 114 cm³/mol. The summed E-state index contributed by atoms with van der Waals surface area (Å²) in [6.45, 7) is 3.13. The Morgan fingerprint density at radius 3 is 2.48 bits per heavy atom. The van der Waals surface area contributed by atoms with Crippen LogP contribution in [-0.2, 0) is 10.0 Å². The number of nitrogens with zero attached hydrogens (tertiary/aromatic N) is 3. The summed E-state index contributed by atoms with van der Waals surface area (Å²) >= 11 is 0. The second-order valence-electron chi connectivity index (χ2n) is 7.05. The molecule has 0 saturated carbocycles. The summed E-state index contributed by atoms with van der Waals surface area (Å²) in [6.07, 6.45) is 1.53. The van der Waals surface area contributed by atoms with E-state index >= 15 is 0 Å². The fraction of sp³-hybridized carbons (Fsp3) is 0.364. The average molecular weight is 446 g/mol. The zero-order chi connectivity index (χ0) is 22.4. The number of carbonyl (C=O) groups is 1. The van der Waals surface area contributed by atoms with Crippen LogP contribution in [0, 0.1) is 17.1 Å². The first kappa shape index (κ1) is 22.7. The summed E-state index contributed by atoms with van der Waals surface area (Å²) in [5.41, 5.74) is 0.558. The number of sulfonamides is 1. The molecule has 1 fully saturated rings. The maximum Gasteiger partial charge on any atom is 0.258 e. The molecule has 164 valence electrons. The molecule has 0 bridgehead atoms. The maximum absolute atomic E-state index is 14.4. The fourth-order valence-electron chi connectivity index (χ4n) is 3.46. The molecule has 2 aromatic carbocycles. The molecule has 0 atom stereocenters. The molecule has 7 nitrogen and oxygen atoms in total. The Bertz CT molecular complexity index is 1070. The molecule has 0 unspecified atom stereocenters. The highest BCUT2D eigenvalue weighted by Crippen LogP contribution is 2.26. The van der Waals surface area contributed by atoms with Crippen molar-refractivity contribution in [2.75, 3.05) is 31.1 Å². The van der Waals surface area contributed by atoms with Crippen LogP contribution in [0.4, 0.5) is 10.1 Å². The van der Waals surface area contributed by atoms with Gasteiger partial charge in [0, 0.05) is 30.9 Å². The molecule has 31 heavy (non-hydrogen) atoms. The summed E-state index contributed by atoms with van der Waals surface area (Å²) < 4.78 is 46.8. The van der Waals surface area contributed by atoms with Crippen molar-refractivity contribution in [2.45, 2.75) is 31.1 Å². The van der Waals surface area contributed by atoms with E-state index in [1.165, 1.54) is 15.3 Å². The molecule has 0 aliphatic carbocycles. The smallest absolute Gasteiger partial charge is 0.258 e. The number of amides is 1. The number of halogens is 1. The van der Waals surface area contributed by atoms with Gasteiger partial charge < -0.3 is 9.64 Å². The minimum atomic E-state index is -4.03. The van der Waals surface area contributed by atoms with Crippen molar-refractivity contribution in [2.24, 2.45) is 0 Å². The monoisotopic (exact) mass is 445 g/mol. The summed E-state index contributed by atoms with van der Waals surface area (Å²) in [5.74, 6) is -0.773. The molecule has 0 radical (unpaired) electrons. The quantitative estimate of drug-likeness (QED) is 0.620. The van der Waals surface area contributed by atoms with E-state index in [2.05, 4.69) is 0 Å². The third kappa shape index (κ3) is 5.03. The number of rotatable bonds is 8. The molecular weight excluding hydrogens is 421 g/mol. The van der Waals surface area contributed by atoms with Gasteiger partial charge in [0.15, 0.2) is 0 Å². The van der Waals surface area contributed by atoms with Crippen LogP contribution in [0.5, 0.6) is 5.75 Å². The molecule has 1 saturated heterocycles. The third-order valence-electron chi connectivity index (χ3n) is 5.01. The van der Waals surface area contributed by atoms with Gasteiger partial charge in [-0.15, -0.1) is 0 Å². The highest BCUT2D eigenvalue weighted by atomic mass is 32.2. The van der Waals surface area contributed by atoms with Gasteiger partial charge in [-0.25, -0.2) is 12.8 Å². The van der Waals surface area contributed by atoms with Crippen LogP contribution in [-0.4, -0.2) is 44.9 Å². The van der Waals surface area contributed by atoms with Gasteiger partial charge in [0.2, 0.25) is 10.0 Å². The van der Waals surface area contributed by atoms with E-state index in [0.29, 0.717) is 31.1 Å². The Balaban J connectivity index is 1.95. The lowest BCUT2D eigenvalue weighted by Gasteiger charge is -2.23. The SMILES string of the molecule is CCOc1ccc(N(CCC#N)C(=O)c2ccc(F)c(S(=O)(=O)N3CCCC3)c2)cc1. The second-order valence-corrected chi connectivity index (χ2v) is 8.95. The molecule has 9 heteroatoms. The Labute approximate surface area is 181 Å². The van der Waals surface area contributed by atoms with E-state index in [0.717, 1.165) is 25.0 Å². The van der Waals surface area contributed by atoms with Gasteiger partial charge in [0.25, 0.3) is 5.91 Å². The summed E-state index contributed by atoms with van der Waals surface area (Å²) in [5, 5.41) is 8.99. The zero-order valence-electron chi connectivity index (χ0n) is 17.3. The molecule has 2 aromatic rings. The van der Waals surface area contributed by atoms with Crippen LogP contribution >= 0.6 is 0 Å². The first-order chi connectivity index (χ1) is 14.9. The van der Waals surface area contributed by atoms with Crippen molar-refractivity contribution in [3.63, 3.8) is 0 Å². The van der Waals surface area contributed by atoms with Crippen LogP contribution in [0.1, 0.15) is 36.5 Å². The van der Waals surface area contributed by atoms with Crippen molar-refractivity contribution in [1.29, 1.82) is 5.26 Å². The molecule has 1 aliphatic heterocycles. The molecule has 1 heterocycles. The van der Waals surface area contributed by atoms with Gasteiger partial charge in [-0.1, -0.05) is 0 Å². The zero-order valence-corrected chi connectivity index (χ0v) is 18.1. The number of benzene rings is 2. The van der Waals surface area contributed by atoms with E-state index in [9.17, 15) is 17.6 Å². The van der Waals surface area contributed by atoms with E-state index < -0.39 is 26.6 Å². The normalized spacial score (nSPS) is 14.2. The highest BCUT2D eigenvalue weighted by molar-refractivity contribution is 7.89. The van der Waals surface area contributed by atoms with Crippen molar-refractivity contribution >= 4 is 21.6 Å². The van der Waals surface area contributed by atoms with Crippen LogP contribution in [0.3, 0.4) is 0 Å². The molecule has 1 amide bonds.